The van der Waals surface area contributed by atoms with E-state index in [-0.39, 0.29) is 24.3 Å². The Labute approximate surface area is 129 Å². The van der Waals surface area contributed by atoms with Crippen LogP contribution in [0.4, 0.5) is 0 Å². The Morgan fingerprint density at radius 2 is 2.32 bits per heavy atom. The van der Waals surface area contributed by atoms with Gasteiger partial charge in [0, 0.05) is 18.2 Å². The summed E-state index contributed by atoms with van der Waals surface area (Å²) in [5.74, 6) is 0.0614. The highest BCUT2D eigenvalue weighted by molar-refractivity contribution is 5.93. The Balaban J connectivity index is 1.68. The molecule has 1 saturated heterocycles. The Bertz CT molecular complexity index is 553. The summed E-state index contributed by atoms with van der Waals surface area (Å²) in [5, 5.41) is 7.07. The zero-order valence-electron chi connectivity index (χ0n) is 12.7. The normalized spacial score (nSPS) is 21.7. The number of nitrogens with zero attached hydrogens (tertiary/aromatic N) is 2. The van der Waals surface area contributed by atoms with Crippen LogP contribution in [-0.2, 0) is 14.3 Å². The summed E-state index contributed by atoms with van der Waals surface area (Å²) < 4.78 is 10.4. The lowest BCUT2D eigenvalue weighted by atomic mass is 10.1. The average molecular weight is 307 g/mol. The summed E-state index contributed by atoms with van der Waals surface area (Å²) >= 11 is 0. The van der Waals surface area contributed by atoms with Crippen LogP contribution >= 0.6 is 0 Å². The number of aromatic amines is 1. The first kappa shape index (κ1) is 15.0. The van der Waals surface area contributed by atoms with Crippen LogP contribution in [0.15, 0.2) is 6.07 Å². The van der Waals surface area contributed by atoms with E-state index in [0.717, 1.165) is 18.5 Å². The minimum absolute atomic E-state index is 0.152. The maximum atomic E-state index is 12.6. The summed E-state index contributed by atoms with van der Waals surface area (Å²) in [4.78, 5) is 26.0. The van der Waals surface area contributed by atoms with E-state index in [2.05, 4.69) is 10.2 Å². The molecule has 1 amide bonds. The molecule has 2 fully saturated rings. The highest BCUT2D eigenvalue weighted by atomic mass is 16.5. The molecule has 2 heterocycles. The molecular weight excluding hydrogens is 286 g/mol. The number of ether oxygens (including phenoxy) is 2. The third-order valence-corrected chi connectivity index (χ3v) is 4.03. The summed E-state index contributed by atoms with van der Waals surface area (Å²) in [6.07, 6.45) is 2.46. The molecule has 1 N–H and O–H groups in total. The summed E-state index contributed by atoms with van der Waals surface area (Å²) in [7, 11) is 0. The highest BCUT2D eigenvalue weighted by Gasteiger charge is 2.32. The molecule has 1 atom stereocenters. The van der Waals surface area contributed by atoms with Gasteiger partial charge in [0.15, 0.2) is 0 Å². The third-order valence-electron chi connectivity index (χ3n) is 4.03. The van der Waals surface area contributed by atoms with Gasteiger partial charge in [-0.3, -0.25) is 14.7 Å². The van der Waals surface area contributed by atoms with Gasteiger partial charge in [-0.1, -0.05) is 0 Å². The van der Waals surface area contributed by atoms with Gasteiger partial charge in [0.25, 0.3) is 5.91 Å². The first-order chi connectivity index (χ1) is 10.7. The molecule has 0 spiro atoms. The number of nitrogens with one attached hydrogen (secondary N) is 1. The molecule has 0 aromatic carbocycles. The van der Waals surface area contributed by atoms with E-state index in [4.69, 9.17) is 9.47 Å². The molecule has 1 saturated carbocycles. The average Bonchev–Trinajstić information content (AvgIpc) is 3.25. The van der Waals surface area contributed by atoms with Gasteiger partial charge in [-0.25, -0.2) is 0 Å². The predicted octanol–water partition coefficient (Wildman–Crippen LogP) is 1.08. The summed E-state index contributed by atoms with van der Waals surface area (Å²) in [6.45, 7) is 3.40. The van der Waals surface area contributed by atoms with Gasteiger partial charge in [-0.05, 0) is 25.8 Å². The van der Waals surface area contributed by atoms with Gasteiger partial charge in [-0.2, -0.15) is 5.10 Å². The molecule has 0 radical (unpaired) electrons. The second-order valence-corrected chi connectivity index (χ2v) is 5.72. The standard InChI is InChI=1S/C15H21N3O4/c1-2-22-14(19)7-11-9-21-6-5-18(11)15(20)13-8-12(16-17-13)10-3-4-10/h8,10-11H,2-7,9H2,1H3,(H,16,17). The number of rotatable bonds is 5. The van der Waals surface area contributed by atoms with Gasteiger partial charge in [0.1, 0.15) is 5.69 Å². The molecule has 0 bridgehead atoms. The van der Waals surface area contributed by atoms with Gasteiger partial charge in [0.05, 0.1) is 32.3 Å². The van der Waals surface area contributed by atoms with Crippen molar-refractivity contribution in [1.29, 1.82) is 0 Å². The smallest absolute Gasteiger partial charge is 0.307 e. The van der Waals surface area contributed by atoms with Crippen molar-refractivity contribution in [2.45, 2.75) is 38.1 Å². The largest absolute Gasteiger partial charge is 0.466 e. The number of hydrogen-bond donors (Lipinski definition) is 1. The molecule has 22 heavy (non-hydrogen) atoms. The van der Waals surface area contributed by atoms with E-state index in [0.29, 0.717) is 38.0 Å². The summed E-state index contributed by atoms with van der Waals surface area (Å²) in [6, 6.07) is 1.54. The van der Waals surface area contributed by atoms with E-state index in [1.54, 1.807) is 11.8 Å². The second kappa shape index (κ2) is 6.48. The molecule has 1 aromatic heterocycles. The lowest BCUT2D eigenvalue weighted by Gasteiger charge is -2.34. The molecule has 7 heteroatoms. The van der Waals surface area contributed by atoms with Crippen LogP contribution in [0.2, 0.25) is 0 Å². The van der Waals surface area contributed by atoms with E-state index in [1.807, 2.05) is 6.07 Å². The number of carbonyl (C=O) groups is 2. The molecule has 7 nitrogen and oxygen atoms in total. The fourth-order valence-electron chi connectivity index (χ4n) is 2.70. The Hall–Kier alpha value is -1.89. The van der Waals surface area contributed by atoms with Crippen LogP contribution in [0.25, 0.3) is 0 Å². The number of aromatic nitrogens is 2. The number of amides is 1. The van der Waals surface area contributed by atoms with Crippen molar-refractivity contribution in [2.24, 2.45) is 0 Å². The van der Waals surface area contributed by atoms with E-state index in [9.17, 15) is 9.59 Å². The van der Waals surface area contributed by atoms with Crippen LogP contribution in [-0.4, -0.2) is 59.4 Å². The van der Waals surface area contributed by atoms with Crippen LogP contribution in [0, 0.1) is 0 Å². The number of esters is 1. The van der Waals surface area contributed by atoms with Crippen LogP contribution < -0.4 is 0 Å². The fraction of sp³-hybridized carbons (Fsp3) is 0.667. The number of H-pyrrole nitrogens is 1. The minimum Gasteiger partial charge on any atom is -0.466 e. The fourth-order valence-corrected chi connectivity index (χ4v) is 2.70. The predicted molar refractivity (Wildman–Crippen MR) is 77.5 cm³/mol. The first-order valence-electron chi connectivity index (χ1n) is 7.78. The molecule has 2 aliphatic rings. The quantitative estimate of drug-likeness (QED) is 0.823. The lowest BCUT2D eigenvalue weighted by Crippen LogP contribution is -2.49. The Morgan fingerprint density at radius 3 is 3.05 bits per heavy atom. The van der Waals surface area contributed by atoms with Gasteiger partial charge >= 0.3 is 5.97 Å². The molecule has 1 aromatic rings. The molecule has 1 unspecified atom stereocenters. The maximum absolute atomic E-state index is 12.6. The van der Waals surface area contributed by atoms with Crippen molar-refractivity contribution >= 4 is 11.9 Å². The monoisotopic (exact) mass is 307 g/mol. The van der Waals surface area contributed by atoms with Crippen molar-refractivity contribution in [3.05, 3.63) is 17.5 Å². The lowest BCUT2D eigenvalue weighted by molar-refractivity contribution is -0.145. The topological polar surface area (TPSA) is 84.5 Å². The molecular formula is C15H21N3O4. The van der Waals surface area contributed by atoms with Crippen LogP contribution in [0.5, 0.6) is 0 Å². The molecule has 120 valence electrons. The van der Waals surface area contributed by atoms with E-state index < -0.39 is 0 Å². The van der Waals surface area contributed by atoms with Crippen molar-refractivity contribution in [2.75, 3.05) is 26.4 Å². The molecule has 1 aliphatic heterocycles. The van der Waals surface area contributed by atoms with Gasteiger partial charge < -0.3 is 14.4 Å². The maximum Gasteiger partial charge on any atom is 0.307 e. The first-order valence-corrected chi connectivity index (χ1v) is 7.78. The second-order valence-electron chi connectivity index (χ2n) is 5.72. The SMILES string of the molecule is CCOC(=O)CC1COCCN1C(=O)c1cc(C2CC2)[nH]n1. The number of morpholine rings is 1. The zero-order valence-corrected chi connectivity index (χ0v) is 12.7. The van der Waals surface area contributed by atoms with Gasteiger partial charge in [-0.15, -0.1) is 0 Å². The third kappa shape index (κ3) is 3.30. The highest BCUT2D eigenvalue weighted by Crippen LogP contribution is 2.39. The zero-order chi connectivity index (χ0) is 15.5. The van der Waals surface area contributed by atoms with Crippen molar-refractivity contribution in [3.8, 4) is 0 Å². The van der Waals surface area contributed by atoms with E-state index >= 15 is 0 Å². The Morgan fingerprint density at radius 1 is 1.50 bits per heavy atom. The Kier molecular flexibility index (Phi) is 4.42. The molecule has 3 rings (SSSR count). The van der Waals surface area contributed by atoms with E-state index in [1.165, 1.54) is 0 Å². The molecule has 1 aliphatic carbocycles. The number of carbonyl (C=O) groups excluding carboxylic acids is 2. The van der Waals surface area contributed by atoms with Crippen LogP contribution in [0.1, 0.15) is 48.3 Å². The van der Waals surface area contributed by atoms with Gasteiger partial charge in [0.2, 0.25) is 0 Å². The van der Waals surface area contributed by atoms with Crippen molar-refractivity contribution < 1.29 is 19.1 Å². The van der Waals surface area contributed by atoms with Crippen molar-refractivity contribution in [3.63, 3.8) is 0 Å². The minimum atomic E-state index is -0.309. The van der Waals surface area contributed by atoms with Crippen molar-refractivity contribution in [1.82, 2.24) is 15.1 Å². The summed E-state index contributed by atoms with van der Waals surface area (Å²) in [5.41, 5.74) is 1.44. The number of hydrogen-bond acceptors (Lipinski definition) is 5. The van der Waals surface area contributed by atoms with Crippen LogP contribution in [0.3, 0.4) is 0 Å².